The Kier molecular flexibility index (Phi) is 7.24. The van der Waals surface area contributed by atoms with E-state index < -0.39 is 18.1 Å². The van der Waals surface area contributed by atoms with Gasteiger partial charge in [-0.2, -0.15) is 0 Å². The summed E-state index contributed by atoms with van der Waals surface area (Å²) < 4.78 is 14.9. The minimum atomic E-state index is -1.01. The first-order valence-corrected chi connectivity index (χ1v) is 8.99. The third-order valence-corrected chi connectivity index (χ3v) is 4.38. The summed E-state index contributed by atoms with van der Waals surface area (Å²) in [5, 5.41) is 12.6. The van der Waals surface area contributed by atoms with Gasteiger partial charge in [0.1, 0.15) is 17.6 Å². The SMILES string of the molecule is CC(=O)C(CC(C)C)NC(Cc1cncn1Cc1ccc(F)cc1)C(=O)O. The molecule has 0 aliphatic rings. The number of hydrogen-bond donors (Lipinski definition) is 2. The van der Waals surface area contributed by atoms with Gasteiger partial charge in [-0.05, 0) is 37.0 Å². The lowest BCUT2D eigenvalue weighted by Gasteiger charge is -2.23. The number of halogens is 1. The lowest BCUT2D eigenvalue weighted by atomic mass is 9.99. The van der Waals surface area contributed by atoms with Gasteiger partial charge in [-0.3, -0.25) is 14.9 Å². The lowest BCUT2D eigenvalue weighted by Crippen LogP contribution is -2.48. The van der Waals surface area contributed by atoms with Crippen LogP contribution in [0.3, 0.4) is 0 Å². The molecule has 0 radical (unpaired) electrons. The highest BCUT2D eigenvalue weighted by atomic mass is 19.1. The standard InChI is InChI=1S/C20H26FN3O3/c1-13(2)8-18(14(3)25)23-19(20(26)27)9-17-10-22-12-24(17)11-15-4-6-16(21)7-5-15/h4-7,10,12-13,18-19,23H,8-9,11H2,1-3H3,(H,26,27). The molecule has 0 bridgehead atoms. The number of nitrogens with one attached hydrogen (secondary N) is 1. The largest absolute Gasteiger partial charge is 0.480 e. The summed E-state index contributed by atoms with van der Waals surface area (Å²) in [6.45, 7) is 5.91. The summed E-state index contributed by atoms with van der Waals surface area (Å²) in [6.07, 6.45) is 4.01. The van der Waals surface area contributed by atoms with Crippen LogP contribution in [0.2, 0.25) is 0 Å². The molecule has 0 saturated heterocycles. The van der Waals surface area contributed by atoms with E-state index in [1.807, 2.05) is 18.4 Å². The third-order valence-electron chi connectivity index (χ3n) is 4.38. The zero-order valence-corrected chi connectivity index (χ0v) is 15.9. The normalized spacial score (nSPS) is 13.5. The van der Waals surface area contributed by atoms with Crippen LogP contribution in [0.4, 0.5) is 4.39 Å². The minimum absolute atomic E-state index is 0.0743. The van der Waals surface area contributed by atoms with Crippen LogP contribution in [0.15, 0.2) is 36.8 Å². The molecule has 2 atom stereocenters. The highest BCUT2D eigenvalue weighted by molar-refractivity contribution is 5.82. The number of hydrogen-bond acceptors (Lipinski definition) is 4. The first-order chi connectivity index (χ1) is 12.8. The number of benzene rings is 1. The van der Waals surface area contributed by atoms with Crippen LogP contribution in [-0.4, -0.2) is 38.5 Å². The summed E-state index contributed by atoms with van der Waals surface area (Å²) in [7, 11) is 0. The van der Waals surface area contributed by atoms with Crippen molar-refractivity contribution in [3.63, 3.8) is 0 Å². The van der Waals surface area contributed by atoms with Gasteiger partial charge in [0.15, 0.2) is 0 Å². The van der Waals surface area contributed by atoms with Crippen molar-refractivity contribution in [3.05, 3.63) is 53.9 Å². The molecule has 1 aromatic carbocycles. The van der Waals surface area contributed by atoms with Crippen molar-refractivity contribution >= 4 is 11.8 Å². The number of ketones is 1. The molecule has 1 aromatic heterocycles. The van der Waals surface area contributed by atoms with Crippen molar-refractivity contribution in [3.8, 4) is 0 Å². The molecule has 0 aliphatic heterocycles. The zero-order chi connectivity index (χ0) is 20.0. The van der Waals surface area contributed by atoms with Crippen LogP contribution in [0.1, 0.15) is 38.4 Å². The summed E-state index contributed by atoms with van der Waals surface area (Å²) in [4.78, 5) is 27.7. The number of rotatable bonds is 10. The number of carboxylic acids is 1. The molecule has 1 heterocycles. The summed E-state index contributed by atoms with van der Waals surface area (Å²) in [5.41, 5.74) is 1.61. The van der Waals surface area contributed by atoms with Crippen LogP contribution >= 0.6 is 0 Å². The van der Waals surface area contributed by atoms with Crippen LogP contribution in [0, 0.1) is 11.7 Å². The topological polar surface area (TPSA) is 84.2 Å². The number of carbonyl (C=O) groups excluding carboxylic acids is 1. The molecule has 0 saturated carbocycles. The Labute approximate surface area is 158 Å². The van der Waals surface area contributed by atoms with E-state index >= 15 is 0 Å². The van der Waals surface area contributed by atoms with Gasteiger partial charge < -0.3 is 9.67 Å². The van der Waals surface area contributed by atoms with E-state index in [0.29, 0.717) is 13.0 Å². The van der Waals surface area contributed by atoms with Gasteiger partial charge in [0.2, 0.25) is 0 Å². The molecule has 27 heavy (non-hydrogen) atoms. The number of carboxylic acid groups (broad SMARTS) is 1. The number of imidazole rings is 1. The summed E-state index contributed by atoms with van der Waals surface area (Å²) in [5.74, 6) is -1.13. The van der Waals surface area contributed by atoms with Crippen molar-refractivity contribution < 1.29 is 19.1 Å². The molecule has 0 fully saturated rings. The molecule has 146 valence electrons. The number of aromatic nitrogens is 2. The van der Waals surface area contributed by atoms with E-state index in [0.717, 1.165) is 11.3 Å². The maximum atomic E-state index is 13.1. The Morgan fingerprint density at radius 2 is 1.89 bits per heavy atom. The Hall–Kier alpha value is -2.54. The van der Waals surface area contributed by atoms with Gasteiger partial charge in [0.25, 0.3) is 0 Å². The van der Waals surface area contributed by atoms with E-state index in [9.17, 15) is 19.1 Å². The molecular formula is C20H26FN3O3. The maximum absolute atomic E-state index is 13.1. The van der Waals surface area contributed by atoms with E-state index in [2.05, 4.69) is 10.3 Å². The zero-order valence-electron chi connectivity index (χ0n) is 15.9. The highest BCUT2D eigenvalue weighted by Gasteiger charge is 2.26. The second kappa shape index (κ2) is 9.41. The molecule has 2 N–H and O–H groups in total. The minimum Gasteiger partial charge on any atom is -0.480 e. The van der Waals surface area contributed by atoms with E-state index in [-0.39, 0.29) is 23.9 Å². The smallest absolute Gasteiger partial charge is 0.321 e. The Morgan fingerprint density at radius 3 is 2.44 bits per heavy atom. The lowest BCUT2D eigenvalue weighted by molar-refractivity contribution is -0.139. The molecule has 2 rings (SSSR count). The number of Topliss-reactive ketones (excluding diaryl/α,β-unsaturated/α-hetero) is 1. The molecule has 0 spiro atoms. The van der Waals surface area contributed by atoms with Crippen molar-refractivity contribution in [1.29, 1.82) is 0 Å². The van der Waals surface area contributed by atoms with Gasteiger partial charge in [-0.1, -0.05) is 26.0 Å². The molecule has 6 nitrogen and oxygen atoms in total. The maximum Gasteiger partial charge on any atom is 0.321 e. The molecular weight excluding hydrogens is 349 g/mol. The Bertz CT molecular complexity index is 771. The summed E-state index contributed by atoms with van der Waals surface area (Å²) in [6, 6.07) is 4.73. The van der Waals surface area contributed by atoms with Crippen LogP contribution in [0.25, 0.3) is 0 Å². The van der Waals surface area contributed by atoms with E-state index in [1.165, 1.54) is 19.1 Å². The van der Waals surface area contributed by atoms with E-state index in [1.54, 1.807) is 24.7 Å². The van der Waals surface area contributed by atoms with Crippen LogP contribution < -0.4 is 5.32 Å². The quantitative estimate of drug-likeness (QED) is 0.667. The number of aliphatic carboxylic acids is 1. The number of nitrogens with zero attached hydrogens (tertiary/aromatic N) is 2. The average molecular weight is 375 g/mol. The second-order valence-electron chi connectivity index (χ2n) is 7.19. The van der Waals surface area contributed by atoms with Gasteiger partial charge in [0, 0.05) is 24.9 Å². The third kappa shape index (κ3) is 6.29. The fourth-order valence-electron chi connectivity index (χ4n) is 2.94. The van der Waals surface area contributed by atoms with Crippen molar-refractivity contribution in [2.24, 2.45) is 5.92 Å². The molecule has 2 unspecified atom stereocenters. The van der Waals surface area contributed by atoms with Gasteiger partial charge >= 0.3 is 5.97 Å². The second-order valence-corrected chi connectivity index (χ2v) is 7.19. The van der Waals surface area contributed by atoms with Crippen molar-refractivity contribution in [2.45, 2.75) is 52.2 Å². The Balaban J connectivity index is 2.12. The van der Waals surface area contributed by atoms with Crippen molar-refractivity contribution in [1.82, 2.24) is 14.9 Å². The fraction of sp³-hybridized carbons (Fsp3) is 0.450. The Morgan fingerprint density at radius 1 is 1.22 bits per heavy atom. The van der Waals surface area contributed by atoms with E-state index in [4.69, 9.17) is 0 Å². The van der Waals surface area contributed by atoms with Gasteiger partial charge in [-0.25, -0.2) is 9.37 Å². The monoisotopic (exact) mass is 375 g/mol. The first kappa shape index (κ1) is 20.8. The molecule has 2 aromatic rings. The van der Waals surface area contributed by atoms with Gasteiger partial charge in [0.05, 0.1) is 12.4 Å². The van der Waals surface area contributed by atoms with Crippen LogP contribution in [-0.2, 0) is 22.6 Å². The predicted molar refractivity (Wildman–Crippen MR) is 99.9 cm³/mol. The highest BCUT2D eigenvalue weighted by Crippen LogP contribution is 2.12. The van der Waals surface area contributed by atoms with Crippen LogP contribution in [0.5, 0.6) is 0 Å². The van der Waals surface area contributed by atoms with Gasteiger partial charge in [-0.15, -0.1) is 0 Å². The molecule has 0 aliphatic carbocycles. The number of carbonyl (C=O) groups is 2. The molecule has 7 heteroatoms. The summed E-state index contributed by atoms with van der Waals surface area (Å²) >= 11 is 0. The van der Waals surface area contributed by atoms with Crippen molar-refractivity contribution in [2.75, 3.05) is 0 Å². The molecule has 0 amide bonds. The first-order valence-electron chi connectivity index (χ1n) is 8.99. The fourth-order valence-corrected chi connectivity index (χ4v) is 2.94. The predicted octanol–water partition coefficient (Wildman–Crippen LogP) is 2.66. The average Bonchev–Trinajstić information content (AvgIpc) is 3.01.